The molecule has 0 unspecified atom stereocenters. The Morgan fingerprint density at radius 3 is 1.96 bits per heavy atom. The molecule has 5 nitrogen and oxygen atoms in total. The van der Waals surface area contributed by atoms with Crippen molar-refractivity contribution in [3.05, 3.63) is 59.9 Å². The Bertz CT molecular complexity index is 743. The first-order valence-corrected chi connectivity index (χ1v) is 8.51. The number of amides is 2. The van der Waals surface area contributed by atoms with Gasteiger partial charge in [-0.05, 0) is 47.9 Å². The van der Waals surface area contributed by atoms with Crippen molar-refractivity contribution in [2.24, 2.45) is 5.92 Å². The normalized spacial score (nSPS) is 11.9. The number of hydrogen-bond donors (Lipinski definition) is 3. The van der Waals surface area contributed by atoms with Gasteiger partial charge in [0, 0.05) is 24.3 Å². The number of rotatable bonds is 7. The summed E-state index contributed by atoms with van der Waals surface area (Å²) in [6.07, 6.45) is 0. The maximum Gasteiger partial charge on any atom is 0.238 e. The highest BCUT2D eigenvalue weighted by Crippen LogP contribution is 2.21. The first kappa shape index (κ1) is 19.6. The van der Waals surface area contributed by atoms with E-state index in [1.165, 1.54) is 19.1 Å². The maximum absolute atomic E-state index is 13.1. The van der Waals surface area contributed by atoms with Crippen molar-refractivity contribution in [1.82, 2.24) is 5.32 Å². The van der Waals surface area contributed by atoms with Crippen molar-refractivity contribution < 1.29 is 14.0 Å². The van der Waals surface area contributed by atoms with Gasteiger partial charge in [-0.1, -0.05) is 26.0 Å². The summed E-state index contributed by atoms with van der Waals surface area (Å²) in [5.74, 6) is -0.363. The second-order valence-corrected chi connectivity index (χ2v) is 6.46. The highest BCUT2D eigenvalue weighted by molar-refractivity contribution is 5.93. The molecule has 0 bridgehead atoms. The van der Waals surface area contributed by atoms with E-state index < -0.39 is 0 Å². The van der Waals surface area contributed by atoms with Gasteiger partial charge in [0.2, 0.25) is 11.8 Å². The lowest BCUT2D eigenvalue weighted by Crippen LogP contribution is -2.33. The van der Waals surface area contributed by atoms with Crippen LogP contribution in [0.4, 0.5) is 15.8 Å². The minimum Gasteiger partial charge on any atom is -0.326 e. The topological polar surface area (TPSA) is 70.2 Å². The fraction of sp³-hybridized carbons (Fsp3) is 0.300. The number of nitrogens with one attached hydrogen (secondary N) is 3. The second-order valence-electron chi connectivity index (χ2n) is 6.46. The van der Waals surface area contributed by atoms with Crippen LogP contribution < -0.4 is 16.0 Å². The Morgan fingerprint density at radius 2 is 1.46 bits per heavy atom. The molecule has 0 saturated carbocycles. The van der Waals surface area contributed by atoms with E-state index in [9.17, 15) is 14.0 Å². The lowest BCUT2D eigenvalue weighted by molar-refractivity contribution is -0.116. The average molecular weight is 357 g/mol. The Kier molecular flexibility index (Phi) is 6.86. The van der Waals surface area contributed by atoms with Gasteiger partial charge in [0.25, 0.3) is 0 Å². The largest absolute Gasteiger partial charge is 0.326 e. The molecular formula is C20H24FN3O2. The molecule has 0 radical (unpaired) electrons. The fourth-order valence-corrected chi connectivity index (χ4v) is 2.66. The third-order valence-electron chi connectivity index (χ3n) is 3.87. The monoisotopic (exact) mass is 357 g/mol. The summed E-state index contributed by atoms with van der Waals surface area (Å²) in [6, 6.07) is 13.1. The maximum atomic E-state index is 13.1. The van der Waals surface area contributed by atoms with E-state index in [4.69, 9.17) is 0 Å². The van der Waals surface area contributed by atoms with Gasteiger partial charge in [0.1, 0.15) is 5.82 Å². The second kappa shape index (κ2) is 9.10. The van der Waals surface area contributed by atoms with Crippen molar-refractivity contribution in [1.29, 1.82) is 0 Å². The lowest BCUT2D eigenvalue weighted by atomic mass is 9.96. The molecule has 0 heterocycles. The average Bonchev–Trinajstić information content (AvgIpc) is 2.57. The molecule has 1 atom stereocenters. The van der Waals surface area contributed by atoms with Crippen LogP contribution in [0.25, 0.3) is 0 Å². The Hall–Kier alpha value is -2.73. The summed E-state index contributed by atoms with van der Waals surface area (Å²) in [4.78, 5) is 23.2. The molecule has 2 amide bonds. The molecule has 0 saturated heterocycles. The van der Waals surface area contributed by atoms with Crippen LogP contribution in [-0.2, 0) is 9.59 Å². The number of benzene rings is 2. The summed E-state index contributed by atoms with van der Waals surface area (Å²) in [6.45, 7) is 5.65. The molecule has 0 fully saturated rings. The summed E-state index contributed by atoms with van der Waals surface area (Å²) in [7, 11) is 0. The van der Waals surface area contributed by atoms with Crippen LogP contribution in [0.2, 0.25) is 0 Å². The molecule has 26 heavy (non-hydrogen) atoms. The smallest absolute Gasteiger partial charge is 0.238 e. The molecule has 138 valence electrons. The number of carbonyl (C=O) groups is 2. The summed E-state index contributed by atoms with van der Waals surface area (Å²) in [5.41, 5.74) is 2.26. The molecule has 0 spiro atoms. The van der Waals surface area contributed by atoms with Crippen LogP contribution in [0.15, 0.2) is 48.5 Å². The van der Waals surface area contributed by atoms with E-state index in [-0.39, 0.29) is 36.1 Å². The molecule has 3 N–H and O–H groups in total. The van der Waals surface area contributed by atoms with Crippen LogP contribution in [0.1, 0.15) is 32.4 Å². The van der Waals surface area contributed by atoms with E-state index in [2.05, 4.69) is 16.0 Å². The zero-order chi connectivity index (χ0) is 19.1. The quantitative estimate of drug-likeness (QED) is 0.707. The predicted octanol–water partition coefficient (Wildman–Crippen LogP) is 3.71. The van der Waals surface area contributed by atoms with E-state index >= 15 is 0 Å². The highest BCUT2D eigenvalue weighted by atomic mass is 19.1. The minimum absolute atomic E-state index is 0.0523. The van der Waals surface area contributed by atoms with Crippen LogP contribution >= 0.6 is 0 Å². The molecule has 0 aromatic heterocycles. The Morgan fingerprint density at radius 1 is 0.923 bits per heavy atom. The Balaban J connectivity index is 1.91. The van der Waals surface area contributed by atoms with Gasteiger partial charge in [-0.15, -0.1) is 0 Å². The van der Waals surface area contributed by atoms with Gasteiger partial charge in [-0.3, -0.25) is 9.59 Å². The molecule has 0 aliphatic carbocycles. The molecule has 6 heteroatoms. The van der Waals surface area contributed by atoms with Crippen molar-refractivity contribution in [3.63, 3.8) is 0 Å². The molecule has 0 aliphatic heterocycles. The van der Waals surface area contributed by atoms with E-state index in [1.807, 2.05) is 13.8 Å². The van der Waals surface area contributed by atoms with Crippen LogP contribution in [0, 0.1) is 11.7 Å². The van der Waals surface area contributed by atoms with Gasteiger partial charge in [0.05, 0.1) is 6.54 Å². The number of anilines is 2. The summed E-state index contributed by atoms with van der Waals surface area (Å²) < 4.78 is 13.1. The van der Waals surface area contributed by atoms with E-state index in [0.717, 1.165) is 5.56 Å². The van der Waals surface area contributed by atoms with Crippen molar-refractivity contribution in [3.8, 4) is 0 Å². The summed E-state index contributed by atoms with van der Waals surface area (Å²) in [5, 5.41) is 8.69. The zero-order valence-electron chi connectivity index (χ0n) is 15.2. The first-order chi connectivity index (χ1) is 12.3. The molecule has 2 aromatic carbocycles. The van der Waals surface area contributed by atoms with Gasteiger partial charge in [-0.25, -0.2) is 4.39 Å². The predicted molar refractivity (Wildman–Crippen MR) is 101 cm³/mol. The van der Waals surface area contributed by atoms with Crippen LogP contribution in [0.5, 0.6) is 0 Å². The van der Waals surface area contributed by atoms with E-state index in [0.29, 0.717) is 11.4 Å². The molecular weight excluding hydrogens is 333 g/mol. The first-order valence-electron chi connectivity index (χ1n) is 8.51. The number of hydrogen-bond acceptors (Lipinski definition) is 3. The van der Waals surface area contributed by atoms with Crippen molar-refractivity contribution >= 4 is 23.2 Å². The van der Waals surface area contributed by atoms with Crippen molar-refractivity contribution in [2.75, 3.05) is 17.2 Å². The highest BCUT2D eigenvalue weighted by Gasteiger charge is 2.16. The molecule has 0 aliphatic rings. The van der Waals surface area contributed by atoms with Crippen LogP contribution in [-0.4, -0.2) is 18.4 Å². The molecule has 2 aromatic rings. The SMILES string of the molecule is CC(=O)Nc1ccc(NC(=O)CN[C@@H](c2ccc(F)cc2)C(C)C)cc1. The third-order valence-corrected chi connectivity index (χ3v) is 3.87. The van der Waals surface area contributed by atoms with Gasteiger partial charge >= 0.3 is 0 Å². The van der Waals surface area contributed by atoms with E-state index in [1.54, 1.807) is 36.4 Å². The molecule has 2 rings (SSSR count). The van der Waals surface area contributed by atoms with Gasteiger partial charge in [0.15, 0.2) is 0 Å². The van der Waals surface area contributed by atoms with Gasteiger partial charge < -0.3 is 16.0 Å². The number of carbonyl (C=O) groups excluding carboxylic acids is 2. The summed E-state index contributed by atoms with van der Waals surface area (Å²) >= 11 is 0. The third kappa shape index (κ3) is 5.97. The zero-order valence-corrected chi connectivity index (χ0v) is 15.2. The van der Waals surface area contributed by atoms with Crippen LogP contribution in [0.3, 0.4) is 0 Å². The fourth-order valence-electron chi connectivity index (χ4n) is 2.66. The minimum atomic E-state index is -0.281. The Labute approximate surface area is 153 Å². The lowest BCUT2D eigenvalue weighted by Gasteiger charge is -2.22. The number of halogens is 1. The standard InChI is InChI=1S/C20H24FN3O2/c1-13(2)20(15-4-6-16(21)7-5-15)22-12-19(26)24-18-10-8-17(9-11-18)23-14(3)25/h4-11,13,20,22H,12H2,1-3H3,(H,23,25)(H,24,26)/t20-/m1/s1. The van der Waals surface area contributed by atoms with Crippen molar-refractivity contribution in [2.45, 2.75) is 26.8 Å². The van der Waals surface area contributed by atoms with Gasteiger partial charge in [-0.2, -0.15) is 0 Å².